The minimum atomic E-state index is -0.714. The molecule has 0 radical (unpaired) electrons. The van der Waals surface area contributed by atoms with Crippen LogP contribution in [0.15, 0.2) is 18.2 Å². The van der Waals surface area contributed by atoms with Gasteiger partial charge in [-0.1, -0.05) is 6.07 Å². The third-order valence-electron chi connectivity index (χ3n) is 3.84. The van der Waals surface area contributed by atoms with Crippen molar-refractivity contribution in [1.29, 1.82) is 0 Å². The van der Waals surface area contributed by atoms with Gasteiger partial charge in [0, 0.05) is 5.92 Å². The molecule has 1 aromatic rings. The van der Waals surface area contributed by atoms with E-state index in [1.54, 1.807) is 26.8 Å². The number of ether oxygens (including phenoxy) is 2. The summed E-state index contributed by atoms with van der Waals surface area (Å²) < 4.78 is 24.1. The molecular weight excluding hydrogens is 301 g/mol. The molecule has 0 spiro atoms. The maximum atomic E-state index is 14.1. The number of carbonyl (C=O) groups is 2. The van der Waals surface area contributed by atoms with Gasteiger partial charge < -0.3 is 9.47 Å². The molecule has 0 aromatic heterocycles. The Hall–Kier alpha value is -1.95. The molecule has 0 saturated carbocycles. The summed E-state index contributed by atoms with van der Waals surface area (Å²) in [4.78, 5) is 23.5. The summed E-state index contributed by atoms with van der Waals surface area (Å²) in [6.45, 7) is 6.02. The van der Waals surface area contributed by atoms with Crippen LogP contribution in [0, 0.1) is 11.2 Å². The molecule has 1 unspecified atom stereocenters. The van der Waals surface area contributed by atoms with Crippen LogP contribution in [-0.2, 0) is 14.3 Å². The zero-order chi connectivity index (χ0) is 17.2. The zero-order valence-corrected chi connectivity index (χ0v) is 13.8. The SMILES string of the molecule is COC(=O)c1ccc([C@@H]2CCNC2OC(=O)C(C)(C)C)cc1F. The van der Waals surface area contributed by atoms with Crippen LogP contribution in [0.3, 0.4) is 0 Å². The van der Waals surface area contributed by atoms with Crippen LogP contribution in [-0.4, -0.2) is 31.8 Å². The van der Waals surface area contributed by atoms with E-state index in [1.807, 2.05) is 0 Å². The predicted octanol–water partition coefficient (Wildman–Crippen LogP) is 2.60. The lowest BCUT2D eigenvalue weighted by Gasteiger charge is -2.25. The number of benzene rings is 1. The van der Waals surface area contributed by atoms with Gasteiger partial charge in [0.05, 0.1) is 18.1 Å². The van der Waals surface area contributed by atoms with Gasteiger partial charge in [0.2, 0.25) is 0 Å². The van der Waals surface area contributed by atoms with Crippen molar-refractivity contribution in [2.24, 2.45) is 5.41 Å². The van der Waals surface area contributed by atoms with Crippen molar-refractivity contribution in [2.45, 2.75) is 39.3 Å². The second-order valence-corrected chi connectivity index (χ2v) is 6.66. The van der Waals surface area contributed by atoms with Crippen molar-refractivity contribution in [2.75, 3.05) is 13.7 Å². The topological polar surface area (TPSA) is 64.6 Å². The highest BCUT2D eigenvalue weighted by atomic mass is 19.1. The molecule has 23 heavy (non-hydrogen) atoms. The second kappa shape index (κ2) is 6.66. The Balaban J connectivity index is 2.18. The van der Waals surface area contributed by atoms with Crippen LogP contribution in [0.25, 0.3) is 0 Å². The average molecular weight is 323 g/mol. The highest BCUT2D eigenvalue weighted by Gasteiger charge is 2.35. The summed E-state index contributed by atoms with van der Waals surface area (Å²) in [6, 6.07) is 4.38. The molecule has 126 valence electrons. The van der Waals surface area contributed by atoms with Gasteiger partial charge in [-0.15, -0.1) is 0 Å². The van der Waals surface area contributed by atoms with E-state index in [9.17, 15) is 14.0 Å². The Morgan fingerprint density at radius 2 is 2.00 bits per heavy atom. The summed E-state index contributed by atoms with van der Waals surface area (Å²) >= 11 is 0. The van der Waals surface area contributed by atoms with Crippen molar-refractivity contribution >= 4 is 11.9 Å². The average Bonchev–Trinajstić information content (AvgIpc) is 2.93. The Labute approximate surface area is 135 Å². The number of hydrogen-bond donors (Lipinski definition) is 1. The molecule has 0 aliphatic carbocycles. The first-order chi connectivity index (χ1) is 10.7. The van der Waals surface area contributed by atoms with Crippen molar-refractivity contribution in [3.8, 4) is 0 Å². The largest absolute Gasteiger partial charge is 0.465 e. The fourth-order valence-electron chi connectivity index (χ4n) is 2.47. The van der Waals surface area contributed by atoms with Gasteiger partial charge in [-0.3, -0.25) is 10.1 Å². The maximum absolute atomic E-state index is 14.1. The van der Waals surface area contributed by atoms with Crippen LogP contribution < -0.4 is 5.32 Å². The van der Waals surface area contributed by atoms with Gasteiger partial charge in [-0.2, -0.15) is 0 Å². The third kappa shape index (κ3) is 3.88. The number of carbonyl (C=O) groups excluding carboxylic acids is 2. The van der Waals surface area contributed by atoms with Gasteiger partial charge in [0.15, 0.2) is 6.23 Å². The van der Waals surface area contributed by atoms with Gasteiger partial charge in [-0.25, -0.2) is 9.18 Å². The fourth-order valence-corrected chi connectivity index (χ4v) is 2.47. The minimum absolute atomic E-state index is 0.106. The number of methoxy groups -OCH3 is 1. The molecule has 0 bridgehead atoms. The standard InChI is InChI=1S/C17H22FNO4/c1-17(2,3)16(21)23-14-11(7-8-19-14)10-5-6-12(13(18)9-10)15(20)22-4/h5-6,9,11,14,19H,7-8H2,1-4H3/t11-,14?/m0/s1. The summed E-state index contributed by atoms with van der Waals surface area (Å²) in [5, 5.41) is 3.12. The van der Waals surface area contributed by atoms with Crippen LogP contribution >= 0.6 is 0 Å². The minimum Gasteiger partial charge on any atom is -0.465 e. The zero-order valence-electron chi connectivity index (χ0n) is 13.8. The number of rotatable bonds is 3. The van der Waals surface area contributed by atoms with Crippen molar-refractivity contribution in [3.05, 3.63) is 35.1 Å². The normalized spacial score (nSPS) is 21.1. The van der Waals surface area contributed by atoms with Crippen LogP contribution in [0.4, 0.5) is 4.39 Å². The Bertz CT molecular complexity index is 609. The molecule has 6 heteroatoms. The van der Waals surface area contributed by atoms with E-state index in [2.05, 4.69) is 10.1 Å². The quantitative estimate of drug-likeness (QED) is 0.866. The van der Waals surface area contributed by atoms with E-state index >= 15 is 0 Å². The molecule has 1 N–H and O–H groups in total. The van der Waals surface area contributed by atoms with Gasteiger partial charge >= 0.3 is 11.9 Å². The molecule has 2 rings (SSSR count). The Kier molecular flexibility index (Phi) is 5.04. The van der Waals surface area contributed by atoms with E-state index < -0.39 is 23.4 Å². The number of nitrogens with one attached hydrogen (secondary N) is 1. The predicted molar refractivity (Wildman–Crippen MR) is 82.4 cm³/mol. The molecule has 5 nitrogen and oxygen atoms in total. The molecule has 2 atom stereocenters. The Morgan fingerprint density at radius 1 is 1.30 bits per heavy atom. The van der Waals surface area contributed by atoms with Gasteiger partial charge in [0.25, 0.3) is 0 Å². The molecule has 1 saturated heterocycles. The molecule has 0 amide bonds. The van der Waals surface area contributed by atoms with Gasteiger partial charge in [0.1, 0.15) is 5.82 Å². The molecule has 1 aromatic carbocycles. The molecule has 1 fully saturated rings. The molecular formula is C17H22FNO4. The molecule has 1 aliphatic rings. The third-order valence-corrected chi connectivity index (χ3v) is 3.84. The Morgan fingerprint density at radius 3 is 2.57 bits per heavy atom. The molecule has 1 heterocycles. The van der Waals surface area contributed by atoms with Crippen molar-refractivity contribution in [3.63, 3.8) is 0 Å². The second-order valence-electron chi connectivity index (χ2n) is 6.66. The number of halogens is 1. The lowest BCUT2D eigenvalue weighted by Crippen LogP contribution is -2.36. The lowest BCUT2D eigenvalue weighted by atomic mass is 9.94. The van der Waals surface area contributed by atoms with E-state index in [-0.39, 0.29) is 17.5 Å². The first kappa shape index (κ1) is 17.4. The van der Waals surface area contributed by atoms with Crippen LogP contribution in [0.2, 0.25) is 0 Å². The van der Waals surface area contributed by atoms with E-state index in [0.29, 0.717) is 12.1 Å². The van der Waals surface area contributed by atoms with Crippen LogP contribution in [0.1, 0.15) is 49.0 Å². The fraction of sp³-hybridized carbons (Fsp3) is 0.529. The lowest BCUT2D eigenvalue weighted by molar-refractivity contribution is -0.160. The van der Waals surface area contributed by atoms with Crippen LogP contribution in [0.5, 0.6) is 0 Å². The van der Waals surface area contributed by atoms with Gasteiger partial charge in [-0.05, 0) is 51.4 Å². The first-order valence-electron chi connectivity index (χ1n) is 7.56. The van der Waals surface area contributed by atoms with Crippen molar-refractivity contribution in [1.82, 2.24) is 5.32 Å². The maximum Gasteiger partial charge on any atom is 0.340 e. The first-order valence-corrected chi connectivity index (χ1v) is 7.56. The summed E-state index contributed by atoms with van der Waals surface area (Å²) in [5.41, 5.74) is -0.0215. The summed E-state index contributed by atoms with van der Waals surface area (Å²) in [5.74, 6) is -1.81. The number of esters is 2. The summed E-state index contributed by atoms with van der Waals surface area (Å²) in [7, 11) is 1.21. The smallest absolute Gasteiger partial charge is 0.340 e. The van der Waals surface area contributed by atoms with E-state index in [0.717, 1.165) is 6.42 Å². The molecule has 1 aliphatic heterocycles. The summed E-state index contributed by atoms with van der Waals surface area (Å²) in [6.07, 6.45) is 0.226. The van der Waals surface area contributed by atoms with E-state index in [4.69, 9.17) is 4.74 Å². The number of hydrogen-bond acceptors (Lipinski definition) is 5. The highest BCUT2D eigenvalue weighted by molar-refractivity contribution is 5.89. The highest BCUT2D eigenvalue weighted by Crippen LogP contribution is 2.31. The van der Waals surface area contributed by atoms with Crippen molar-refractivity contribution < 1.29 is 23.5 Å². The van der Waals surface area contributed by atoms with E-state index in [1.165, 1.54) is 19.2 Å². The monoisotopic (exact) mass is 323 g/mol.